The van der Waals surface area contributed by atoms with E-state index in [1.807, 2.05) is 0 Å². The fourth-order valence-corrected chi connectivity index (χ4v) is 2.68. The van der Waals surface area contributed by atoms with Gasteiger partial charge in [-0.3, -0.25) is 0 Å². The standard InChI is InChI=1S/C15H29NO2/c1-12-2-6-15(7-3-12)18-11-14(17)10-16-9-8-13-4-5-13/h12-17H,2-11H2,1H3. The molecule has 0 aliphatic heterocycles. The number of nitrogens with one attached hydrogen (secondary N) is 1. The molecule has 18 heavy (non-hydrogen) atoms. The van der Waals surface area contributed by atoms with E-state index in [0.717, 1.165) is 18.4 Å². The minimum absolute atomic E-state index is 0.344. The van der Waals surface area contributed by atoms with Crippen LogP contribution in [0.15, 0.2) is 0 Å². The van der Waals surface area contributed by atoms with E-state index in [9.17, 15) is 5.11 Å². The van der Waals surface area contributed by atoms with E-state index in [0.29, 0.717) is 19.3 Å². The van der Waals surface area contributed by atoms with Crippen LogP contribution in [0.1, 0.15) is 51.9 Å². The predicted molar refractivity (Wildman–Crippen MR) is 73.6 cm³/mol. The Morgan fingerprint density at radius 2 is 1.89 bits per heavy atom. The first-order valence-electron chi connectivity index (χ1n) is 7.74. The molecule has 106 valence electrons. The van der Waals surface area contributed by atoms with Crippen molar-refractivity contribution in [3.05, 3.63) is 0 Å². The van der Waals surface area contributed by atoms with Crippen molar-refractivity contribution in [3.63, 3.8) is 0 Å². The van der Waals surface area contributed by atoms with E-state index in [2.05, 4.69) is 12.2 Å². The van der Waals surface area contributed by atoms with E-state index in [1.165, 1.54) is 44.9 Å². The monoisotopic (exact) mass is 255 g/mol. The molecule has 0 bridgehead atoms. The molecule has 2 fully saturated rings. The summed E-state index contributed by atoms with van der Waals surface area (Å²) in [6.45, 7) is 4.53. The van der Waals surface area contributed by atoms with Gasteiger partial charge in [-0.25, -0.2) is 0 Å². The topological polar surface area (TPSA) is 41.5 Å². The van der Waals surface area contributed by atoms with Crippen molar-refractivity contribution >= 4 is 0 Å². The van der Waals surface area contributed by atoms with Crippen molar-refractivity contribution in [2.24, 2.45) is 11.8 Å². The molecule has 0 spiro atoms. The minimum atomic E-state index is -0.344. The lowest BCUT2D eigenvalue weighted by Gasteiger charge is -2.27. The Balaban J connectivity index is 1.44. The summed E-state index contributed by atoms with van der Waals surface area (Å²) in [7, 11) is 0. The van der Waals surface area contributed by atoms with Crippen LogP contribution in [-0.4, -0.2) is 37.0 Å². The van der Waals surface area contributed by atoms with Crippen LogP contribution in [0.2, 0.25) is 0 Å². The molecule has 3 nitrogen and oxygen atoms in total. The van der Waals surface area contributed by atoms with E-state index in [-0.39, 0.29) is 6.10 Å². The first-order chi connectivity index (χ1) is 8.74. The SMILES string of the molecule is CC1CCC(OCC(O)CNCCC2CC2)CC1. The third-order valence-corrected chi connectivity index (χ3v) is 4.29. The van der Waals surface area contributed by atoms with Crippen LogP contribution in [0.5, 0.6) is 0 Å². The van der Waals surface area contributed by atoms with Gasteiger partial charge in [0.1, 0.15) is 0 Å². The first kappa shape index (κ1) is 14.3. The Morgan fingerprint density at radius 1 is 1.17 bits per heavy atom. The van der Waals surface area contributed by atoms with Gasteiger partial charge >= 0.3 is 0 Å². The average molecular weight is 255 g/mol. The van der Waals surface area contributed by atoms with Crippen LogP contribution in [0.25, 0.3) is 0 Å². The maximum absolute atomic E-state index is 9.83. The molecule has 3 heteroatoms. The molecule has 0 radical (unpaired) electrons. The van der Waals surface area contributed by atoms with E-state index in [1.54, 1.807) is 0 Å². The second kappa shape index (κ2) is 7.46. The zero-order chi connectivity index (χ0) is 12.8. The molecular formula is C15H29NO2. The summed E-state index contributed by atoms with van der Waals surface area (Å²) < 4.78 is 5.79. The fourth-order valence-electron chi connectivity index (χ4n) is 2.68. The zero-order valence-electron chi connectivity index (χ0n) is 11.7. The van der Waals surface area contributed by atoms with Crippen LogP contribution in [-0.2, 0) is 4.74 Å². The molecule has 0 aromatic carbocycles. The van der Waals surface area contributed by atoms with Gasteiger partial charge < -0.3 is 15.2 Å². The first-order valence-corrected chi connectivity index (χ1v) is 7.74. The van der Waals surface area contributed by atoms with E-state index in [4.69, 9.17) is 4.74 Å². The number of hydrogen-bond donors (Lipinski definition) is 2. The molecular weight excluding hydrogens is 226 g/mol. The molecule has 0 amide bonds. The van der Waals surface area contributed by atoms with Crippen molar-refractivity contribution in [2.45, 2.75) is 64.1 Å². The molecule has 2 aliphatic rings. The second-order valence-corrected chi connectivity index (χ2v) is 6.31. The quantitative estimate of drug-likeness (QED) is 0.654. The molecule has 1 unspecified atom stereocenters. The Hall–Kier alpha value is -0.120. The lowest BCUT2D eigenvalue weighted by atomic mass is 9.89. The second-order valence-electron chi connectivity index (χ2n) is 6.31. The Bertz CT molecular complexity index is 223. The van der Waals surface area contributed by atoms with E-state index >= 15 is 0 Å². The highest BCUT2D eigenvalue weighted by Crippen LogP contribution is 2.31. The van der Waals surface area contributed by atoms with Crippen LogP contribution in [0, 0.1) is 11.8 Å². The Labute approximate surface area is 111 Å². The van der Waals surface area contributed by atoms with Crippen molar-refractivity contribution < 1.29 is 9.84 Å². The highest BCUT2D eigenvalue weighted by molar-refractivity contribution is 4.74. The number of rotatable bonds is 8. The summed E-state index contributed by atoms with van der Waals surface area (Å²) in [4.78, 5) is 0. The lowest BCUT2D eigenvalue weighted by molar-refractivity contribution is -0.0277. The third kappa shape index (κ3) is 5.68. The highest BCUT2D eigenvalue weighted by atomic mass is 16.5. The summed E-state index contributed by atoms with van der Waals surface area (Å²) in [5.41, 5.74) is 0. The van der Waals surface area contributed by atoms with Gasteiger partial charge in [-0.15, -0.1) is 0 Å². The molecule has 0 saturated heterocycles. The van der Waals surface area contributed by atoms with Gasteiger partial charge in [-0.1, -0.05) is 19.8 Å². The van der Waals surface area contributed by atoms with Gasteiger partial charge in [0.2, 0.25) is 0 Å². The van der Waals surface area contributed by atoms with Gasteiger partial charge in [0.05, 0.1) is 18.8 Å². The van der Waals surface area contributed by atoms with Crippen LogP contribution < -0.4 is 5.32 Å². The summed E-state index contributed by atoms with van der Waals surface area (Å²) in [5, 5.41) is 13.1. The van der Waals surface area contributed by atoms with Crippen molar-refractivity contribution in [2.75, 3.05) is 19.7 Å². The van der Waals surface area contributed by atoms with Gasteiger partial charge in [-0.2, -0.15) is 0 Å². The Morgan fingerprint density at radius 3 is 2.56 bits per heavy atom. The summed E-state index contributed by atoms with van der Waals surface area (Å²) in [5.74, 6) is 1.83. The highest BCUT2D eigenvalue weighted by Gasteiger charge is 2.21. The van der Waals surface area contributed by atoms with Gasteiger partial charge in [0.25, 0.3) is 0 Å². The molecule has 2 saturated carbocycles. The number of hydrogen-bond acceptors (Lipinski definition) is 3. The molecule has 0 aromatic heterocycles. The van der Waals surface area contributed by atoms with Crippen LogP contribution >= 0.6 is 0 Å². The van der Waals surface area contributed by atoms with Gasteiger partial charge in [0, 0.05) is 6.54 Å². The smallest absolute Gasteiger partial charge is 0.0897 e. The van der Waals surface area contributed by atoms with Crippen molar-refractivity contribution in [3.8, 4) is 0 Å². The molecule has 2 aliphatic carbocycles. The van der Waals surface area contributed by atoms with Crippen LogP contribution in [0.4, 0.5) is 0 Å². The third-order valence-electron chi connectivity index (χ3n) is 4.29. The molecule has 0 aromatic rings. The molecule has 2 N–H and O–H groups in total. The van der Waals surface area contributed by atoms with Crippen molar-refractivity contribution in [1.82, 2.24) is 5.32 Å². The van der Waals surface area contributed by atoms with Gasteiger partial charge in [-0.05, 0) is 50.5 Å². The predicted octanol–water partition coefficient (Wildman–Crippen LogP) is 2.33. The van der Waals surface area contributed by atoms with Crippen LogP contribution in [0.3, 0.4) is 0 Å². The van der Waals surface area contributed by atoms with Gasteiger partial charge in [0.15, 0.2) is 0 Å². The van der Waals surface area contributed by atoms with Crippen molar-refractivity contribution in [1.29, 1.82) is 0 Å². The normalized spacial score (nSPS) is 30.3. The number of ether oxygens (including phenoxy) is 1. The minimum Gasteiger partial charge on any atom is -0.389 e. The molecule has 2 rings (SSSR count). The number of aliphatic hydroxyl groups excluding tert-OH is 1. The summed E-state index contributed by atoms with van der Waals surface area (Å²) in [6.07, 6.45) is 9.03. The molecule has 0 heterocycles. The zero-order valence-corrected chi connectivity index (χ0v) is 11.7. The lowest BCUT2D eigenvalue weighted by Crippen LogP contribution is -2.33. The average Bonchev–Trinajstić information content (AvgIpc) is 3.18. The summed E-state index contributed by atoms with van der Waals surface area (Å²) >= 11 is 0. The fraction of sp³-hybridized carbons (Fsp3) is 1.00. The Kier molecular flexibility index (Phi) is 5.93. The van der Waals surface area contributed by atoms with E-state index < -0.39 is 0 Å². The molecule has 1 atom stereocenters. The number of aliphatic hydroxyl groups is 1. The summed E-state index contributed by atoms with van der Waals surface area (Å²) in [6, 6.07) is 0. The maximum Gasteiger partial charge on any atom is 0.0897 e. The largest absolute Gasteiger partial charge is 0.389 e. The maximum atomic E-state index is 9.83.